The van der Waals surface area contributed by atoms with Gasteiger partial charge in [-0.05, 0) is 38.3 Å². The molecule has 0 unspecified atom stereocenters. The highest BCUT2D eigenvalue weighted by Crippen LogP contribution is 2.44. The molecule has 2 saturated heterocycles. The number of rotatable bonds is 7. The topological polar surface area (TPSA) is 161 Å². The summed E-state index contributed by atoms with van der Waals surface area (Å²) >= 11 is 6.28. The number of hydrogen-bond donors (Lipinski definition) is 3. The van der Waals surface area contributed by atoms with E-state index in [2.05, 4.69) is 20.3 Å². The minimum absolute atomic E-state index is 0.0484. The van der Waals surface area contributed by atoms with Crippen LogP contribution >= 0.6 is 19.2 Å². The smallest absolute Gasteiger partial charge is 0.334 e. The Kier molecular flexibility index (Phi) is 6.78. The molecule has 1 aliphatic carbocycles. The number of amides is 1. The normalized spacial score (nSPS) is 28.1. The molecule has 0 bridgehead atoms. The van der Waals surface area contributed by atoms with Gasteiger partial charge in [0.2, 0.25) is 11.2 Å². The molecule has 3 N–H and O–H groups in total. The summed E-state index contributed by atoms with van der Waals surface area (Å²) in [5.74, 6) is -1.03. The third-order valence-corrected chi connectivity index (χ3v) is 7.56. The molecular weight excluding hydrogens is 515 g/mol. The van der Waals surface area contributed by atoms with E-state index in [1.54, 1.807) is 24.7 Å². The lowest BCUT2D eigenvalue weighted by Crippen LogP contribution is -2.41. The number of anilines is 1. The lowest BCUT2D eigenvalue weighted by atomic mass is 10.1. The van der Waals surface area contributed by atoms with Gasteiger partial charge in [0.05, 0.1) is 6.33 Å². The van der Waals surface area contributed by atoms with Crippen molar-refractivity contribution in [2.45, 2.75) is 75.9 Å². The first-order chi connectivity index (χ1) is 16.9. The van der Waals surface area contributed by atoms with Gasteiger partial charge >= 0.3 is 7.60 Å². The molecule has 0 radical (unpaired) electrons. The van der Waals surface area contributed by atoms with Gasteiger partial charge in [0, 0.05) is 19.6 Å². The molecule has 3 fully saturated rings. The molecule has 1 saturated carbocycles. The molecule has 5 rings (SSSR count). The first-order valence-corrected chi connectivity index (χ1v) is 14.0. The minimum atomic E-state index is -4.50. The Hall–Kier alpha value is -1.86. The number of fused-ring (bicyclic) bond motifs is 2. The van der Waals surface area contributed by atoms with Gasteiger partial charge in [-0.2, -0.15) is 9.97 Å². The van der Waals surface area contributed by atoms with Crippen LogP contribution in [0.2, 0.25) is 5.28 Å². The lowest BCUT2D eigenvalue weighted by Gasteiger charge is -2.27. The number of likely N-dealkylation sites (N-methyl/N-ethyl adjacent to an activating group) is 1. The molecule has 0 aromatic carbocycles. The number of ether oxygens (including phenoxy) is 3. The molecule has 4 heterocycles. The molecule has 2 aromatic rings. The number of carbonyl (C=O) groups excluding carboxylic acids is 1. The zero-order chi connectivity index (χ0) is 25.8. The van der Waals surface area contributed by atoms with Crippen molar-refractivity contribution in [2.24, 2.45) is 0 Å². The Balaban J connectivity index is 1.42. The summed E-state index contributed by atoms with van der Waals surface area (Å²) < 4.78 is 31.6. The maximum Gasteiger partial charge on any atom is 0.334 e. The van der Waals surface area contributed by atoms with Gasteiger partial charge in [0.1, 0.15) is 24.5 Å². The number of nitrogens with zero attached hydrogens (tertiary/aromatic N) is 5. The van der Waals surface area contributed by atoms with E-state index < -0.39 is 50.0 Å². The number of hydrogen-bond acceptors (Lipinski definition) is 9. The van der Waals surface area contributed by atoms with E-state index >= 15 is 0 Å². The summed E-state index contributed by atoms with van der Waals surface area (Å²) in [7, 11) is -3.03. The lowest BCUT2D eigenvalue weighted by molar-refractivity contribution is -0.197. The average Bonchev–Trinajstić information content (AvgIpc) is 3.52. The number of imidazole rings is 1. The van der Waals surface area contributed by atoms with Crippen molar-refractivity contribution in [1.29, 1.82) is 0 Å². The fraction of sp³-hybridized carbons (Fsp3) is 0.714. The van der Waals surface area contributed by atoms with Crippen LogP contribution in [-0.4, -0.2) is 90.0 Å². The van der Waals surface area contributed by atoms with E-state index in [9.17, 15) is 9.36 Å². The molecule has 36 heavy (non-hydrogen) atoms. The van der Waals surface area contributed by atoms with E-state index in [1.807, 2.05) is 0 Å². The molecule has 3 aliphatic rings. The second-order valence-corrected chi connectivity index (χ2v) is 12.0. The van der Waals surface area contributed by atoms with E-state index in [4.69, 9.17) is 35.6 Å². The van der Waals surface area contributed by atoms with Gasteiger partial charge in [-0.15, -0.1) is 0 Å². The van der Waals surface area contributed by atoms with Crippen LogP contribution in [0.5, 0.6) is 0 Å². The predicted octanol–water partition coefficient (Wildman–Crippen LogP) is 1.89. The molecule has 1 amide bonds. The summed E-state index contributed by atoms with van der Waals surface area (Å²) in [4.78, 5) is 45.2. The van der Waals surface area contributed by atoms with Crippen molar-refractivity contribution in [1.82, 2.24) is 24.4 Å². The first kappa shape index (κ1) is 25.8. The Labute approximate surface area is 212 Å². The van der Waals surface area contributed by atoms with Gasteiger partial charge in [0.15, 0.2) is 29.0 Å². The zero-order valence-corrected chi connectivity index (χ0v) is 21.9. The van der Waals surface area contributed by atoms with Crippen molar-refractivity contribution in [3.8, 4) is 0 Å². The monoisotopic (exact) mass is 544 g/mol. The van der Waals surface area contributed by atoms with Gasteiger partial charge in [-0.25, -0.2) is 4.98 Å². The maximum atomic E-state index is 12.3. The molecule has 0 spiro atoms. The average molecular weight is 545 g/mol. The molecule has 15 heteroatoms. The fourth-order valence-corrected chi connectivity index (χ4v) is 5.90. The van der Waals surface area contributed by atoms with Crippen LogP contribution in [0.4, 0.5) is 5.82 Å². The van der Waals surface area contributed by atoms with E-state index in [1.165, 1.54) is 11.9 Å². The Morgan fingerprint density at radius 3 is 2.67 bits per heavy atom. The van der Waals surface area contributed by atoms with E-state index in [-0.39, 0.29) is 11.8 Å². The number of carbonyl (C=O) groups is 1. The van der Waals surface area contributed by atoms with Crippen molar-refractivity contribution < 1.29 is 33.4 Å². The summed E-state index contributed by atoms with van der Waals surface area (Å²) in [6.07, 6.45) is 2.73. The molecule has 13 nitrogen and oxygen atoms in total. The van der Waals surface area contributed by atoms with Crippen molar-refractivity contribution in [2.75, 3.05) is 25.1 Å². The first-order valence-electron chi connectivity index (χ1n) is 11.9. The van der Waals surface area contributed by atoms with Gasteiger partial charge < -0.3 is 34.2 Å². The molecular formula is C21H30ClN6O7P. The van der Waals surface area contributed by atoms with Crippen LogP contribution in [0.25, 0.3) is 11.2 Å². The zero-order valence-electron chi connectivity index (χ0n) is 20.2. The highest BCUT2D eigenvalue weighted by Gasteiger charge is 2.56. The predicted molar refractivity (Wildman–Crippen MR) is 128 cm³/mol. The second-order valence-electron chi connectivity index (χ2n) is 10.0. The Morgan fingerprint density at radius 2 is 1.97 bits per heavy atom. The molecule has 4 atom stereocenters. The van der Waals surface area contributed by atoms with Crippen molar-refractivity contribution in [3.05, 3.63) is 11.6 Å². The summed E-state index contributed by atoms with van der Waals surface area (Å²) in [6.45, 7) is 3.63. The number of halogens is 1. The standard InChI is InChI=1S/C21H30ClN6O7P/c1-21(2)34-15-12(8-27(3)13(29)9-36(30,31)32)33-19(16(15)35-21)28-10-23-14-17(24-11-6-4-5-7-11)25-20(22)26-18(14)28/h10-12,15-16,19H,4-9H2,1-3H3,(H,24,25,26)(H2,30,31,32)/t12-,15-,16-,19-/m1/s1. The quantitative estimate of drug-likeness (QED) is 0.345. The maximum absolute atomic E-state index is 12.3. The number of nitrogens with one attached hydrogen (secondary N) is 1. The minimum Gasteiger partial charge on any atom is -0.365 e. The molecule has 2 aromatic heterocycles. The summed E-state index contributed by atoms with van der Waals surface area (Å²) in [5.41, 5.74) is 1.03. The van der Waals surface area contributed by atoms with Crippen LogP contribution in [0.15, 0.2) is 6.33 Å². The number of aromatic nitrogens is 4. The van der Waals surface area contributed by atoms with Crippen molar-refractivity contribution >= 4 is 42.1 Å². The third kappa shape index (κ3) is 5.24. The van der Waals surface area contributed by atoms with Crippen LogP contribution in [0.1, 0.15) is 45.8 Å². The van der Waals surface area contributed by atoms with Crippen LogP contribution in [0.3, 0.4) is 0 Å². The Bertz CT molecular complexity index is 1200. The Morgan fingerprint density at radius 1 is 1.28 bits per heavy atom. The highest BCUT2D eigenvalue weighted by atomic mass is 35.5. The largest absolute Gasteiger partial charge is 0.365 e. The molecule has 198 valence electrons. The second kappa shape index (κ2) is 9.46. The van der Waals surface area contributed by atoms with Gasteiger partial charge in [-0.1, -0.05) is 12.8 Å². The van der Waals surface area contributed by atoms with Crippen LogP contribution in [0, 0.1) is 0 Å². The van der Waals surface area contributed by atoms with Crippen LogP contribution in [-0.2, 0) is 23.6 Å². The highest BCUT2D eigenvalue weighted by molar-refractivity contribution is 7.52. The summed E-state index contributed by atoms with van der Waals surface area (Å²) in [5, 5.41) is 3.51. The van der Waals surface area contributed by atoms with Crippen LogP contribution < -0.4 is 5.32 Å². The van der Waals surface area contributed by atoms with Crippen molar-refractivity contribution in [3.63, 3.8) is 0 Å². The third-order valence-electron chi connectivity index (χ3n) is 6.71. The SMILES string of the molecule is CN(C[C@H]1O[C@@H](n2cnc3c(NC4CCCC4)nc(Cl)nc32)[C@@H]2OC(C)(C)O[C@@H]21)C(=O)CP(=O)(O)O. The summed E-state index contributed by atoms with van der Waals surface area (Å²) in [6, 6.07) is 0.300. The van der Waals surface area contributed by atoms with E-state index in [0.29, 0.717) is 23.0 Å². The molecule has 2 aliphatic heterocycles. The van der Waals surface area contributed by atoms with Gasteiger partial charge in [-0.3, -0.25) is 13.9 Å². The fourth-order valence-electron chi connectivity index (χ4n) is 5.14. The van der Waals surface area contributed by atoms with E-state index in [0.717, 1.165) is 25.7 Å². The van der Waals surface area contributed by atoms with Gasteiger partial charge in [0.25, 0.3) is 0 Å².